The monoisotopic (exact) mass is 526 g/mol. The predicted molar refractivity (Wildman–Crippen MR) is 150 cm³/mol. The zero-order valence-corrected chi connectivity index (χ0v) is 23.5. The maximum atomic E-state index is 12.5. The maximum absolute atomic E-state index is 12.5. The fraction of sp³-hybridized carbons (Fsp3) is 0.562. The van der Waals surface area contributed by atoms with Gasteiger partial charge in [-0.1, -0.05) is 56.7 Å². The molecule has 6 heteroatoms. The molecule has 0 aliphatic carbocycles. The minimum absolute atomic E-state index is 0.205. The van der Waals surface area contributed by atoms with Crippen LogP contribution in [0, 0.1) is 10.8 Å². The van der Waals surface area contributed by atoms with E-state index in [4.69, 9.17) is 9.47 Å². The van der Waals surface area contributed by atoms with Gasteiger partial charge < -0.3 is 19.7 Å². The largest absolute Gasteiger partial charge is 0.427 e. The van der Waals surface area contributed by atoms with Crippen LogP contribution in [0.15, 0.2) is 60.7 Å². The first-order valence-electron chi connectivity index (χ1n) is 13.9. The van der Waals surface area contributed by atoms with Crippen LogP contribution in [0.3, 0.4) is 0 Å². The molecule has 0 heterocycles. The Morgan fingerprint density at radius 3 is 1.66 bits per heavy atom. The van der Waals surface area contributed by atoms with Gasteiger partial charge >= 0.3 is 11.9 Å². The minimum Gasteiger partial charge on any atom is -0.427 e. The topological polar surface area (TPSA) is 93.1 Å². The molecular weight excluding hydrogens is 480 g/mol. The van der Waals surface area contributed by atoms with Crippen molar-refractivity contribution in [1.29, 1.82) is 0 Å². The first-order valence-corrected chi connectivity index (χ1v) is 13.9. The number of para-hydroxylation sites is 2. The molecule has 2 atom stereocenters. The van der Waals surface area contributed by atoms with Gasteiger partial charge in [-0.05, 0) is 94.9 Å². The van der Waals surface area contributed by atoms with Gasteiger partial charge in [-0.25, -0.2) is 0 Å². The number of carbonyl (C=O) groups is 2. The first-order chi connectivity index (χ1) is 18.0. The van der Waals surface area contributed by atoms with E-state index in [9.17, 15) is 19.8 Å². The molecule has 0 radical (unpaired) electrons. The van der Waals surface area contributed by atoms with Crippen molar-refractivity contribution < 1.29 is 29.3 Å². The summed E-state index contributed by atoms with van der Waals surface area (Å²) in [5.41, 5.74) is -0.832. The highest BCUT2D eigenvalue weighted by molar-refractivity contribution is 5.78. The normalized spacial score (nSPS) is 13.5. The molecule has 38 heavy (non-hydrogen) atoms. The van der Waals surface area contributed by atoms with Crippen LogP contribution in [0.1, 0.15) is 91.9 Å². The Kier molecular flexibility index (Phi) is 13.0. The Morgan fingerprint density at radius 2 is 1.13 bits per heavy atom. The fourth-order valence-electron chi connectivity index (χ4n) is 4.44. The van der Waals surface area contributed by atoms with Crippen molar-refractivity contribution in [2.75, 3.05) is 0 Å². The molecule has 2 N–H and O–H groups in total. The second kappa shape index (κ2) is 15.6. The smallest absolute Gasteiger partial charge is 0.316 e. The van der Waals surface area contributed by atoms with E-state index in [2.05, 4.69) is 0 Å². The fourth-order valence-corrected chi connectivity index (χ4v) is 4.44. The van der Waals surface area contributed by atoms with Crippen molar-refractivity contribution in [2.24, 2.45) is 10.8 Å². The summed E-state index contributed by atoms with van der Waals surface area (Å²) >= 11 is 0. The number of aliphatic hydroxyl groups is 2. The maximum Gasteiger partial charge on any atom is 0.316 e. The predicted octanol–water partition coefficient (Wildman–Crippen LogP) is 6.87. The summed E-state index contributed by atoms with van der Waals surface area (Å²) in [4.78, 5) is 24.7. The first kappa shape index (κ1) is 31.5. The van der Waals surface area contributed by atoms with Gasteiger partial charge in [-0.2, -0.15) is 0 Å². The van der Waals surface area contributed by atoms with Crippen molar-refractivity contribution >= 4 is 11.9 Å². The molecule has 2 rings (SSSR count). The quantitative estimate of drug-likeness (QED) is 0.173. The van der Waals surface area contributed by atoms with Crippen LogP contribution in [0.2, 0.25) is 0 Å². The summed E-state index contributed by atoms with van der Waals surface area (Å²) in [5, 5.41) is 20.7. The van der Waals surface area contributed by atoms with Gasteiger partial charge in [0.2, 0.25) is 0 Å². The molecule has 210 valence electrons. The zero-order valence-electron chi connectivity index (χ0n) is 23.5. The molecule has 2 aromatic carbocycles. The molecular formula is C32H46O6. The molecule has 0 aromatic heterocycles. The molecule has 0 amide bonds. The lowest BCUT2D eigenvalue weighted by atomic mass is 9.83. The molecule has 2 unspecified atom stereocenters. The summed E-state index contributed by atoms with van der Waals surface area (Å²) in [6.45, 7) is 7.83. The van der Waals surface area contributed by atoms with Crippen LogP contribution < -0.4 is 9.47 Å². The number of hydrogen-bond acceptors (Lipinski definition) is 6. The Labute approximate surface area is 228 Å². The van der Waals surface area contributed by atoms with Gasteiger partial charge in [0, 0.05) is 0 Å². The number of esters is 2. The second-order valence-electron chi connectivity index (χ2n) is 11.7. The van der Waals surface area contributed by atoms with Gasteiger partial charge in [0.05, 0.1) is 24.0 Å². The van der Waals surface area contributed by atoms with Crippen molar-refractivity contribution in [3.8, 4) is 11.5 Å². The summed E-state index contributed by atoms with van der Waals surface area (Å²) in [5.74, 6) is 0.586. The molecule has 0 bridgehead atoms. The Balaban J connectivity index is 1.56. The van der Waals surface area contributed by atoms with Gasteiger partial charge in [0.25, 0.3) is 0 Å². The SMILES string of the molecule is CC(C)(CCCC(O)CCCC(O)CCCC(C)(C)C(=O)Oc1ccccc1)CC(=O)Oc1ccccc1. The van der Waals surface area contributed by atoms with E-state index in [1.807, 2.05) is 64.1 Å². The molecule has 0 spiro atoms. The molecule has 2 aromatic rings. The van der Waals surface area contributed by atoms with E-state index in [0.717, 1.165) is 25.7 Å². The summed E-state index contributed by atoms with van der Waals surface area (Å²) in [7, 11) is 0. The number of hydrogen-bond donors (Lipinski definition) is 2. The van der Waals surface area contributed by atoms with Crippen molar-refractivity contribution in [3.63, 3.8) is 0 Å². The molecule has 0 aliphatic heterocycles. The van der Waals surface area contributed by atoms with Gasteiger partial charge in [-0.3, -0.25) is 9.59 Å². The average Bonchev–Trinajstić information content (AvgIpc) is 2.84. The lowest BCUT2D eigenvalue weighted by Gasteiger charge is -2.24. The van der Waals surface area contributed by atoms with E-state index in [0.29, 0.717) is 50.0 Å². The third-order valence-electron chi connectivity index (χ3n) is 6.91. The molecule has 0 fully saturated rings. The van der Waals surface area contributed by atoms with Gasteiger partial charge in [0.1, 0.15) is 11.5 Å². The van der Waals surface area contributed by atoms with E-state index >= 15 is 0 Å². The average molecular weight is 527 g/mol. The van der Waals surface area contributed by atoms with E-state index in [-0.39, 0.29) is 17.4 Å². The summed E-state index contributed by atoms with van der Waals surface area (Å²) in [6, 6.07) is 18.1. The third-order valence-corrected chi connectivity index (χ3v) is 6.91. The van der Waals surface area contributed by atoms with E-state index in [1.165, 1.54) is 0 Å². The molecule has 0 saturated carbocycles. The zero-order chi connectivity index (χ0) is 28.0. The number of aliphatic hydroxyl groups excluding tert-OH is 2. The lowest BCUT2D eigenvalue weighted by Crippen LogP contribution is -2.29. The Bertz CT molecular complexity index is 954. The van der Waals surface area contributed by atoms with Crippen molar-refractivity contribution in [1.82, 2.24) is 0 Å². The van der Waals surface area contributed by atoms with E-state index < -0.39 is 17.6 Å². The third kappa shape index (κ3) is 12.7. The van der Waals surface area contributed by atoms with Crippen molar-refractivity contribution in [2.45, 2.75) is 104 Å². The van der Waals surface area contributed by atoms with Gasteiger partial charge in [-0.15, -0.1) is 0 Å². The van der Waals surface area contributed by atoms with Crippen LogP contribution in [0.5, 0.6) is 11.5 Å². The minimum atomic E-state index is -0.627. The van der Waals surface area contributed by atoms with Gasteiger partial charge in [0.15, 0.2) is 0 Å². The second-order valence-corrected chi connectivity index (χ2v) is 11.7. The molecule has 0 aliphatic rings. The van der Waals surface area contributed by atoms with Crippen LogP contribution in [0.25, 0.3) is 0 Å². The highest BCUT2D eigenvalue weighted by Crippen LogP contribution is 2.30. The highest BCUT2D eigenvalue weighted by atomic mass is 16.5. The number of rotatable bonds is 17. The summed E-state index contributed by atoms with van der Waals surface area (Å²) < 4.78 is 10.9. The van der Waals surface area contributed by atoms with Crippen LogP contribution in [0.4, 0.5) is 0 Å². The number of benzene rings is 2. The lowest BCUT2D eigenvalue weighted by molar-refractivity contribution is -0.144. The Morgan fingerprint density at radius 1 is 0.684 bits per heavy atom. The Hall–Kier alpha value is -2.70. The van der Waals surface area contributed by atoms with Crippen LogP contribution >= 0.6 is 0 Å². The molecule has 0 saturated heterocycles. The standard InChI is InChI=1S/C32H46O6/c1-31(2,24-29(35)37-27-18-7-5-8-19-27)22-12-16-25(33)14-11-15-26(34)17-13-23-32(3,4)30(36)38-28-20-9-6-10-21-28/h5-10,18-21,25-26,33-34H,11-17,22-24H2,1-4H3. The van der Waals surface area contributed by atoms with Crippen LogP contribution in [-0.4, -0.2) is 34.4 Å². The highest BCUT2D eigenvalue weighted by Gasteiger charge is 2.29. The van der Waals surface area contributed by atoms with Crippen LogP contribution in [-0.2, 0) is 9.59 Å². The number of carbonyl (C=O) groups excluding carboxylic acids is 2. The number of ether oxygens (including phenoxy) is 2. The molecule has 6 nitrogen and oxygen atoms in total. The summed E-state index contributed by atoms with van der Waals surface area (Å²) in [6.07, 6.45) is 5.76. The van der Waals surface area contributed by atoms with Crippen molar-refractivity contribution in [3.05, 3.63) is 60.7 Å². The van der Waals surface area contributed by atoms with E-state index in [1.54, 1.807) is 24.3 Å².